The van der Waals surface area contributed by atoms with Crippen molar-refractivity contribution in [2.45, 2.75) is 18.9 Å². The zero-order valence-corrected chi connectivity index (χ0v) is 17.2. The van der Waals surface area contributed by atoms with Gasteiger partial charge in [-0.25, -0.2) is 4.98 Å². The number of furan rings is 1. The van der Waals surface area contributed by atoms with E-state index in [9.17, 15) is 0 Å². The Morgan fingerprint density at radius 3 is 2.62 bits per heavy atom. The number of nitrogens with one attached hydrogen (secondary N) is 1. The predicted molar refractivity (Wildman–Crippen MR) is 118 cm³/mol. The smallest absolute Gasteiger partial charge is 0.179 e. The summed E-state index contributed by atoms with van der Waals surface area (Å²) < 4.78 is 8.09. The zero-order chi connectivity index (χ0) is 19.1. The van der Waals surface area contributed by atoms with Crippen molar-refractivity contribution in [1.82, 2.24) is 20.1 Å². The molecule has 1 aliphatic heterocycles. The molecule has 150 valence electrons. The summed E-state index contributed by atoms with van der Waals surface area (Å²) in [4.78, 5) is 4.33. The Kier molecular flexibility index (Phi) is 5.50. The standard InChI is InChI=1S/C21H20ClN5O.ClH/c22-18-17-16(14-10-26-27(12-14)15-6-8-24-9-7-15)11-25-21(23)20(17)28-19(18)13-4-2-1-3-5-13;/h1-5,10-12,15,24H,6-9H2,(H2,23,25);1H. The first-order valence-corrected chi connectivity index (χ1v) is 9.77. The molecule has 3 N–H and O–H groups in total. The van der Waals surface area contributed by atoms with Crippen molar-refractivity contribution < 1.29 is 4.42 Å². The van der Waals surface area contributed by atoms with Gasteiger partial charge in [0, 0.05) is 29.1 Å². The van der Waals surface area contributed by atoms with Crippen LogP contribution in [0.2, 0.25) is 5.02 Å². The van der Waals surface area contributed by atoms with Crippen LogP contribution in [0.15, 0.2) is 53.3 Å². The Labute approximate surface area is 179 Å². The van der Waals surface area contributed by atoms with Crippen LogP contribution in [0.25, 0.3) is 33.4 Å². The lowest BCUT2D eigenvalue weighted by atomic mass is 10.1. The van der Waals surface area contributed by atoms with Gasteiger partial charge in [0.15, 0.2) is 17.2 Å². The first-order valence-electron chi connectivity index (χ1n) is 9.39. The molecule has 5 rings (SSSR count). The minimum Gasteiger partial charge on any atom is -0.451 e. The molecule has 4 heterocycles. The zero-order valence-electron chi connectivity index (χ0n) is 15.6. The molecule has 1 aliphatic rings. The lowest BCUT2D eigenvalue weighted by molar-refractivity contribution is 0.343. The maximum Gasteiger partial charge on any atom is 0.179 e. The third kappa shape index (κ3) is 3.48. The maximum absolute atomic E-state index is 6.76. The van der Waals surface area contributed by atoms with Gasteiger partial charge in [0.1, 0.15) is 0 Å². The van der Waals surface area contributed by atoms with Crippen LogP contribution in [-0.4, -0.2) is 27.9 Å². The number of pyridine rings is 1. The van der Waals surface area contributed by atoms with E-state index in [1.54, 1.807) is 6.20 Å². The number of nitrogen functional groups attached to an aromatic ring is 1. The number of aromatic nitrogens is 3. The molecule has 0 atom stereocenters. The summed E-state index contributed by atoms with van der Waals surface area (Å²) in [6.07, 6.45) is 7.81. The molecule has 8 heteroatoms. The molecular weight excluding hydrogens is 409 g/mol. The van der Waals surface area contributed by atoms with E-state index in [-0.39, 0.29) is 12.4 Å². The SMILES string of the molecule is Cl.Nc1ncc(-c2cnn(C3CCNCC3)c2)c2c(Cl)c(-c3ccccc3)oc12. The number of fused-ring (bicyclic) bond motifs is 1. The fourth-order valence-electron chi connectivity index (χ4n) is 3.83. The summed E-state index contributed by atoms with van der Waals surface area (Å²) >= 11 is 6.76. The predicted octanol–water partition coefficient (Wildman–Crippen LogP) is 4.94. The van der Waals surface area contributed by atoms with Gasteiger partial charge >= 0.3 is 0 Å². The quantitative estimate of drug-likeness (QED) is 0.481. The van der Waals surface area contributed by atoms with Gasteiger partial charge in [-0.15, -0.1) is 12.4 Å². The molecule has 29 heavy (non-hydrogen) atoms. The van der Waals surface area contributed by atoms with E-state index >= 15 is 0 Å². The third-order valence-corrected chi connectivity index (χ3v) is 5.68. The summed E-state index contributed by atoms with van der Waals surface area (Å²) in [7, 11) is 0. The first-order chi connectivity index (χ1) is 13.7. The normalized spacial score (nSPS) is 14.8. The molecule has 0 radical (unpaired) electrons. The van der Waals surface area contributed by atoms with E-state index in [4.69, 9.17) is 21.8 Å². The van der Waals surface area contributed by atoms with Crippen molar-refractivity contribution in [1.29, 1.82) is 0 Å². The van der Waals surface area contributed by atoms with Gasteiger partial charge in [-0.05, 0) is 25.9 Å². The van der Waals surface area contributed by atoms with Crippen LogP contribution in [0.5, 0.6) is 0 Å². The topological polar surface area (TPSA) is 81.9 Å². The lowest BCUT2D eigenvalue weighted by Gasteiger charge is -2.22. The second kappa shape index (κ2) is 8.06. The van der Waals surface area contributed by atoms with Crippen molar-refractivity contribution >= 4 is 40.8 Å². The molecule has 4 aromatic rings. The van der Waals surface area contributed by atoms with Gasteiger partial charge in [0.25, 0.3) is 0 Å². The van der Waals surface area contributed by atoms with Crippen molar-refractivity contribution in [3.63, 3.8) is 0 Å². The largest absolute Gasteiger partial charge is 0.451 e. The summed E-state index contributed by atoms with van der Waals surface area (Å²) in [5.41, 5.74) is 9.34. The Morgan fingerprint density at radius 2 is 1.86 bits per heavy atom. The molecule has 0 aliphatic carbocycles. The highest BCUT2D eigenvalue weighted by Crippen LogP contribution is 2.43. The fourth-order valence-corrected chi connectivity index (χ4v) is 4.17. The van der Waals surface area contributed by atoms with Crippen molar-refractivity contribution in [2.75, 3.05) is 18.8 Å². The number of anilines is 1. The average Bonchev–Trinajstić information content (AvgIpc) is 3.36. The molecule has 1 fully saturated rings. The second-order valence-electron chi connectivity index (χ2n) is 7.06. The summed E-state index contributed by atoms with van der Waals surface area (Å²) in [5, 5.41) is 9.30. The molecule has 1 saturated heterocycles. The van der Waals surface area contributed by atoms with Crippen molar-refractivity contribution in [2.24, 2.45) is 0 Å². The molecular formula is C21H21Cl2N5O. The first kappa shape index (κ1) is 19.8. The summed E-state index contributed by atoms with van der Waals surface area (Å²) in [5.74, 6) is 0.928. The lowest BCUT2D eigenvalue weighted by Crippen LogP contribution is -2.29. The molecule has 0 saturated carbocycles. The van der Waals surface area contributed by atoms with Crippen LogP contribution in [0.3, 0.4) is 0 Å². The van der Waals surface area contributed by atoms with Gasteiger partial charge in [-0.2, -0.15) is 5.10 Å². The fraction of sp³-hybridized carbons (Fsp3) is 0.238. The molecule has 0 unspecified atom stereocenters. The minimum atomic E-state index is 0. The second-order valence-corrected chi connectivity index (χ2v) is 7.44. The van der Waals surface area contributed by atoms with Crippen LogP contribution in [-0.2, 0) is 0 Å². The molecule has 6 nitrogen and oxygen atoms in total. The number of hydrogen-bond acceptors (Lipinski definition) is 5. The number of nitrogens with two attached hydrogens (primary N) is 1. The van der Waals surface area contributed by atoms with Gasteiger partial charge < -0.3 is 15.5 Å². The number of benzene rings is 1. The Bertz CT molecular complexity index is 1130. The Balaban J connectivity index is 0.00000205. The minimum absolute atomic E-state index is 0. The monoisotopic (exact) mass is 429 g/mol. The van der Waals surface area contributed by atoms with E-state index in [1.165, 1.54) is 0 Å². The van der Waals surface area contributed by atoms with E-state index in [0.717, 1.165) is 48.0 Å². The number of piperidine rings is 1. The Morgan fingerprint density at radius 1 is 1.10 bits per heavy atom. The van der Waals surface area contributed by atoms with Gasteiger partial charge in [-0.3, -0.25) is 4.68 Å². The van der Waals surface area contributed by atoms with Gasteiger partial charge in [0.05, 0.1) is 22.6 Å². The average molecular weight is 430 g/mol. The number of rotatable bonds is 3. The maximum atomic E-state index is 6.76. The number of halogens is 2. The van der Waals surface area contributed by atoms with Crippen molar-refractivity contribution in [3.8, 4) is 22.5 Å². The highest BCUT2D eigenvalue weighted by Gasteiger charge is 2.22. The third-order valence-electron chi connectivity index (χ3n) is 5.32. The number of hydrogen-bond donors (Lipinski definition) is 2. The van der Waals surface area contributed by atoms with E-state index < -0.39 is 0 Å². The van der Waals surface area contributed by atoms with Crippen molar-refractivity contribution in [3.05, 3.63) is 53.9 Å². The van der Waals surface area contributed by atoms with Crippen LogP contribution < -0.4 is 11.1 Å². The Hall–Kier alpha value is -2.54. The molecule has 0 amide bonds. The molecule has 3 aromatic heterocycles. The van der Waals surface area contributed by atoms with Crippen LogP contribution >= 0.6 is 24.0 Å². The van der Waals surface area contributed by atoms with Crippen LogP contribution in [0.1, 0.15) is 18.9 Å². The van der Waals surface area contributed by atoms with Crippen LogP contribution in [0, 0.1) is 0 Å². The molecule has 0 bridgehead atoms. The summed E-state index contributed by atoms with van der Waals surface area (Å²) in [6.45, 7) is 2.03. The highest BCUT2D eigenvalue weighted by molar-refractivity contribution is 6.39. The highest BCUT2D eigenvalue weighted by atomic mass is 35.5. The van der Waals surface area contributed by atoms with Gasteiger partial charge in [-0.1, -0.05) is 41.9 Å². The van der Waals surface area contributed by atoms with Crippen LogP contribution in [0.4, 0.5) is 5.82 Å². The van der Waals surface area contributed by atoms with Gasteiger partial charge in [0.2, 0.25) is 0 Å². The van der Waals surface area contributed by atoms with E-state index in [2.05, 4.69) is 21.6 Å². The van der Waals surface area contributed by atoms with E-state index in [0.29, 0.717) is 28.2 Å². The van der Waals surface area contributed by atoms with E-state index in [1.807, 2.05) is 41.2 Å². The molecule has 1 aromatic carbocycles. The molecule has 0 spiro atoms. The summed E-state index contributed by atoms with van der Waals surface area (Å²) in [6, 6.07) is 10.2. The number of nitrogens with zero attached hydrogens (tertiary/aromatic N) is 3.